The first-order chi connectivity index (χ1) is 9.52. The first kappa shape index (κ1) is 15.4. The number of benzene rings is 1. The van der Waals surface area contributed by atoms with Crippen LogP contribution in [-0.4, -0.2) is 9.55 Å². The molecule has 0 aliphatic carbocycles. The molecule has 0 unspecified atom stereocenters. The highest BCUT2D eigenvalue weighted by Crippen LogP contribution is 2.31. The number of hydrogen-bond acceptors (Lipinski definition) is 2. The predicted molar refractivity (Wildman–Crippen MR) is 85.0 cm³/mol. The first-order valence-electron chi connectivity index (χ1n) is 6.72. The zero-order valence-corrected chi connectivity index (χ0v) is 13.2. The SMILES string of the molecule is CC(C)CCn1cnc(-c2ccc(Cl)cc2Cl)c1CN. The summed E-state index contributed by atoms with van der Waals surface area (Å²) in [5, 5.41) is 1.22. The molecule has 0 amide bonds. The number of hydrogen-bond donors (Lipinski definition) is 1. The molecule has 5 heteroatoms. The first-order valence-corrected chi connectivity index (χ1v) is 7.48. The lowest BCUT2D eigenvalue weighted by atomic mass is 10.1. The Bertz CT molecular complexity index is 591. The third-order valence-electron chi connectivity index (χ3n) is 3.27. The lowest BCUT2D eigenvalue weighted by Crippen LogP contribution is -2.09. The van der Waals surface area contributed by atoms with E-state index in [2.05, 4.69) is 23.4 Å². The molecule has 1 aromatic heterocycles. The number of rotatable bonds is 5. The Kier molecular flexibility index (Phi) is 5.08. The summed E-state index contributed by atoms with van der Waals surface area (Å²) < 4.78 is 2.11. The summed E-state index contributed by atoms with van der Waals surface area (Å²) in [5.41, 5.74) is 8.62. The summed E-state index contributed by atoms with van der Waals surface area (Å²) in [6.45, 7) is 5.76. The molecule has 0 aliphatic heterocycles. The van der Waals surface area contributed by atoms with E-state index in [1.54, 1.807) is 6.07 Å². The highest BCUT2D eigenvalue weighted by molar-refractivity contribution is 6.36. The summed E-state index contributed by atoms with van der Waals surface area (Å²) in [5.74, 6) is 0.644. The number of aryl methyl sites for hydroxylation is 1. The van der Waals surface area contributed by atoms with E-state index in [1.807, 2.05) is 18.5 Å². The van der Waals surface area contributed by atoms with Crippen LogP contribution in [0.4, 0.5) is 0 Å². The second-order valence-corrected chi connectivity index (χ2v) is 6.09. The molecule has 0 spiro atoms. The van der Waals surface area contributed by atoms with Crippen LogP contribution < -0.4 is 5.73 Å². The Balaban J connectivity index is 2.37. The average molecular weight is 312 g/mol. The van der Waals surface area contributed by atoms with Crippen molar-refractivity contribution in [2.75, 3.05) is 0 Å². The molecule has 0 atom stereocenters. The third-order valence-corrected chi connectivity index (χ3v) is 3.82. The fraction of sp³-hybridized carbons (Fsp3) is 0.400. The van der Waals surface area contributed by atoms with Crippen LogP contribution in [0.2, 0.25) is 10.0 Å². The quantitative estimate of drug-likeness (QED) is 0.891. The highest BCUT2D eigenvalue weighted by atomic mass is 35.5. The minimum atomic E-state index is 0.437. The van der Waals surface area contributed by atoms with E-state index in [1.165, 1.54) is 0 Å². The van der Waals surface area contributed by atoms with Crippen molar-refractivity contribution in [3.8, 4) is 11.3 Å². The van der Waals surface area contributed by atoms with Crippen LogP contribution in [0.3, 0.4) is 0 Å². The van der Waals surface area contributed by atoms with Crippen LogP contribution in [0, 0.1) is 5.92 Å². The molecule has 0 bridgehead atoms. The number of nitrogens with zero attached hydrogens (tertiary/aromatic N) is 2. The predicted octanol–water partition coefficient (Wildman–Crippen LogP) is 4.36. The van der Waals surface area contributed by atoms with Crippen molar-refractivity contribution in [2.24, 2.45) is 11.7 Å². The summed E-state index contributed by atoms with van der Waals surface area (Å²) in [6.07, 6.45) is 2.93. The van der Waals surface area contributed by atoms with Crippen LogP contribution in [0.5, 0.6) is 0 Å². The van der Waals surface area contributed by atoms with E-state index < -0.39 is 0 Å². The topological polar surface area (TPSA) is 43.8 Å². The molecule has 1 aromatic carbocycles. The minimum absolute atomic E-state index is 0.437. The summed E-state index contributed by atoms with van der Waals surface area (Å²) in [4.78, 5) is 4.48. The zero-order chi connectivity index (χ0) is 14.7. The molecule has 108 valence electrons. The van der Waals surface area contributed by atoms with Crippen molar-refractivity contribution in [3.05, 3.63) is 40.3 Å². The molecular weight excluding hydrogens is 293 g/mol. The van der Waals surface area contributed by atoms with Gasteiger partial charge in [0.05, 0.1) is 22.7 Å². The van der Waals surface area contributed by atoms with Crippen LogP contribution in [0.15, 0.2) is 24.5 Å². The van der Waals surface area contributed by atoms with Gasteiger partial charge in [-0.15, -0.1) is 0 Å². The van der Waals surface area contributed by atoms with Gasteiger partial charge in [-0.2, -0.15) is 0 Å². The minimum Gasteiger partial charge on any atom is -0.333 e. The van der Waals surface area contributed by atoms with Crippen molar-refractivity contribution in [1.82, 2.24) is 9.55 Å². The summed E-state index contributed by atoms with van der Waals surface area (Å²) in [7, 11) is 0. The number of imidazole rings is 1. The Morgan fingerprint density at radius 1 is 1.30 bits per heavy atom. The van der Waals surface area contributed by atoms with E-state index in [0.29, 0.717) is 22.5 Å². The molecule has 2 N–H and O–H groups in total. The van der Waals surface area contributed by atoms with Gasteiger partial charge in [0, 0.05) is 23.7 Å². The Hall–Kier alpha value is -1.03. The van der Waals surface area contributed by atoms with E-state index in [-0.39, 0.29) is 0 Å². The molecule has 3 nitrogen and oxygen atoms in total. The van der Waals surface area contributed by atoms with Gasteiger partial charge in [-0.3, -0.25) is 0 Å². The molecule has 20 heavy (non-hydrogen) atoms. The van der Waals surface area contributed by atoms with Crippen molar-refractivity contribution in [3.63, 3.8) is 0 Å². The Labute approximate surface area is 129 Å². The highest BCUT2D eigenvalue weighted by Gasteiger charge is 2.14. The van der Waals surface area contributed by atoms with Crippen molar-refractivity contribution >= 4 is 23.2 Å². The fourth-order valence-electron chi connectivity index (χ4n) is 2.12. The molecule has 2 aromatic rings. The van der Waals surface area contributed by atoms with Gasteiger partial charge in [-0.05, 0) is 30.5 Å². The standard InChI is InChI=1S/C15H19Cl2N3/c1-10(2)5-6-20-9-19-15(14(20)8-18)12-4-3-11(16)7-13(12)17/h3-4,7,9-10H,5-6,8,18H2,1-2H3. The smallest absolute Gasteiger partial charge is 0.0956 e. The Morgan fingerprint density at radius 2 is 2.05 bits per heavy atom. The van der Waals surface area contributed by atoms with E-state index >= 15 is 0 Å². The molecule has 0 aliphatic rings. The van der Waals surface area contributed by atoms with Gasteiger partial charge in [0.2, 0.25) is 0 Å². The Morgan fingerprint density at radius 3 is 2.65 bits per heavy atom. The van der Waals surface area contributed by atoms with Crippen molar-refractivity contribution in [1.29, 1.82) is 0 Å². The third kappa shape index (κ3) is 3.35. The number of aromatic nitrogens is 2. The lowest BCUT2D eigenvalue weighted by Gasteiger charge is -2.10. The van der Waals surface area contributed by atoms with Gasteiger partial charge in [-0.25, -0.2) is 4.98 Å². The second kappa shape index (κ2) is 6.61. The van der Waals surface area contributed by atoms with Crippen molar-refractivity contribution < 1.29 is 0 Å². The van der Waals surface area contributed by atoms with Crippen LogP contribution in [0.25, 0.3) is 11.3 Å². The summed E-state index contributed by atoms with van der Waals surface area (Å²) in [6, 6.07) is 5.43. The maximum absolute atomic E-state index is 6.26. The normalized spacial score (nSPS) is 11.3. The monoisotopic (exact) mass is 311 g/mol. The molecule has 0 saturated carbocycles. The molecule has 0 fully saturated rings. The largest absolute Gasteiger partial charge is 0.333 e. The number of halogens is 2. The number of nitrogens with two attached hydrogens (primary N) is 1. The van der Waals surface area contributed by atoms with Crippen LogP contribution in [0.1, 0.15) is 26.0 Å². The van der Waals surface area contributed by atoms with Crippen LogP contribution in [-0.2, 0) is 13.1 Å². The maximum atomic E-state index is 6.26. The van der Waals surface area contributed by atoms with Crippen molar-refractivity contribution in [2.45, 2.75) is 33.4 Å². The average Bonchev–Trinajstić information content (AvgIpc) is 2.79. The van der Waals surface area contributed by atoms with Gasteiger partial charge in [0.1, 0.15) is 0 Å². The molecule has 2 rings (SSSR count). The van der Waals surface area contributed by atoms with E-state index in [4.69, 9.17) is 28.9 Å². The van der Waals surface area contributed by atoms with Gasteiger partial charge in [-0.1, -0.05) is 37.0 Å². The van der Waals surface area contributed by atoms with Gasteiger partial charge in [0.15, 0.2) is 0 Å². The zero-order valence-electron chi connectivity index (χ0n) is 11.7. The summed E-state index contributed by atoms with van der Waals surface area (Å²) >= 11 is 12.2. The van der Waals surface area contributed by atoms with Gasteiger partial charge < -0.3 is 10.3 Å². The van der Waals surface area contributed by atoms with E-state index in [9.17, 15) is 0 Å². The molecular formula is C15H19Cl2N3. The maximum Gasteiger partial charge on any atom is 0.0956 e. The van der Waals surface area contributed by atoms with E-state index in [0.717, 1.165) is 29.9 Å². The van der Waals surface area contributed by atoms with Gasteiger partial charge in [0.25, 0.3) is 0 Å². The van der Waals surface area contributed by atoms with Gasteiger partial charge >= 0.3 is 0 Å². The molecule has 1 heterocycles. The lowest BCUT2D eigenvalue weighted by molar-refractivity contribution is 0.507. The second-order valence-electron chi connectivity index (χ2n) is 5.24. The fourth-order valence-corrected chi connectivity index (χ4v) is 2.62. The molecule has 0 radical (unpaired) electrons. The molecule has 0 saturated heterocycles. The van der Waals surface area contributed by atoms with Crippen LogP contribution >= 0.6 is 23.2 Å².